The molecule has 1 amide bonds. The molecule has 1 aliphatic rings. The molecular formula is C32H33NO8. The van der Waals surface area contributed by atoms with Gasteiger partial charge in [0.1, 0.15) is 18.4 Å². The molecule has 4 rings (SSSR count). The van der Waals surface area contributed by atoms with Gasteiger partial charge in [0.25, 0.3) is 0 Å². The maximum atomic E-state index is 13.7. The molecule has 0 bridgehead atoms. The lowest BCUT2D eigenvalue weighted by molar-refractivity contribution is -0.150. The van der Waals surface area contributed by atoms with Crippen molar-refractivity contribution < 1.29 is 38.5 Å². The normalized spacial score (nSPS) is 18.0. The summed E-state index contributed by atoms with van der Waals surface area (Å²) < 4.78 is 16.4. The number of amides is 1. The number of hydrogen-bond acceptors (Lipinski definition) is 7. The van der Waals surface area contributed by atoms with E-state index in [0.717, 1.165) is 22.4 Å². The fourth-order valence-electron chi connectivity index (χ4n) is 5.03. The van der Waals surface area contributed by atoms with Gasteiger partial charge in [-0.25, -0.2) is 9.59 Å². The summed E-state index contributed by atoms with van der Waals surface area (Å²) in [5.74, 6) is -3.70. The fourth-order valence-corrected chi connectivity index (χ4v) is 5.03. The number of carbonyl (C=O) groups excluding carboxylic acids is 3. The Balaban J connectivity index is 1.49. The van der Waals surface area contributed by atoms with Gasteiger partial charge >= 0.3 is 18.0 Å². The molecule has 1 saturated heterocycles. The second-order valence-corrected chi connectivity index (χ2v) is 9.73. The Morgan fingerprint density at radius 2 is 1.49 bits per heavy atom. The van der Waals surface area contributed by atoms with Crippen LogP contribution >= 0.6 is 0 Å². The summed E-state index contributed by atoms with van der Waals surface area (Å²) in [5, 5.41) is 9.64. The van der Waals surface area contributed by atoms with E-state index in [9.17, 15) is 24.3 Å². The SMILES string of the molecule is CCOC(=O)[C@@H]1[C@@H](CC(=O)O)[C@@H](C(=O)c2ccc(OCCc3ccccc3)cc2)CN1C(=O)OCc1ccccc1. The minimum Gasteiger partial charge on any atom is -0.493 e. The number of carboxylic acid groups (broad SMARTS) is 1. The second-order valence-electron chi connectivity index (χ2n) is 9.73. The molecule has 0 aliphatic carbocycles. The molecule has 1 fully saturated rings. The van der Waals surface area contributed by atoms with E-state index in [1.165, 1.54) is 0 Å². The van der Waals surface area contributed by atoms with Crippen molar-refractivity contribution in [3.63, 3.8) is 0 Å². The Bertz CT molecular complexity index is 1330. The molecule has 0 unspecified atom stereocenters. The third-order valence-electron chi connectivity index (χ3n) is 7.01. The molecule has 9 nitrogen and oxygen atoms in total. The van der Waals surface area contributed by atoms with Crippen LogP contribution in [0.2, 0.25) is 0 Å². The van der Waals surface area contributed by atoms with Crippen molar-refractivity contribution >= 4 is 23.8 Å². The maximum Gasteiger partial charge on any atom is 0.410 e. The number of Topliss-reactive ketones (excluding diaryl/α,β-unsaturated/α-hetero) is 1. The van der Waals surface area contributed by atoms with E-state index in [2.05, 4.69) is 0 Å². The zero-order valence-electron chi connectivity index (χ0n) is 22.8. The summed E-state index contributed by atoms with van der Waals surface area (Å²) in [5.41, 5.74) is 2.21. The Morgan fingerprint density at radius 1 is 0.854 bits per heavy atom. The van der Waals surface area contributed by atoms with Crippen LogP contribution in [0.3, 0.4) is 0 Å². The minimum absolute atomic E-state index is 0.0341. The van der Waals surface area contributed by atoms with E-state index in [1.807, 2.05) is 36.4 Å². The summed E-state index contributed by atoms with van der Waals surface area (Å²) in [6, 6.07) is 24.2. The first-order chi connectivity index (χ1) is 19.9. The van der Waals surface area contributed by atoms with E-state index < -0.39 is 42.3 Å². The highest BCUT2D eigenvalue weighted by Gasteiger charge is 2.52. The van der Waals surface area contributed by atoms with Gasteiger partial charge in [0, 0.05) is 30.4 Å². The van der Waals surface area contributed by atoms with Crippen LogP contribution in [0.25, 0.3) is 0 Å². The van der Waals surface area contributed by atoms with E-state index in [4.69, 9.17) is 14.2 Å². The van der Waals surface area contributed by atoms with Crippen molar-refractivity contribution in [2.24, 2.45) is 11.8 Å². The molecule has 41 heavy (non-hydrogen) atoms. The summed E-state index contributed by atoms with van der Waals surface area (Å²) in [6.07, 6.45) is -0.589. The summed E-state index contributed by atoms with van der Waals surface area (Å²) in [7, 11) is 0. The van der Waals surface area contributed by atoms with E-state index in [-0.39, 0.29) is 25.5 Å². The highest BCUT2D eigenvalue weighted by Crippen LogP contribution is 2.36. The van der Waals surface area contributed by atoms with Gasteiger partial charge in [-0.3, -0.25) is 14.5 Å². The maximum absolute atomic E-state index is 13.7. The molecule has 1 heterocycles. The number of likely N-dealkylation sites (tertiary alicyclic amines) is 1. The average Bonchev–Trinajstić information content (AvgIpc) is 3.35. The number of carbonyl (C=O) groups is 4. The number of hydrogen-bond donors (Lipinski definition) is 1. The molecule has 1 N–H and O–H groups in total. The highest BCUT2D eigenvalue weighted by atomic mass is 16.6. The van der Waals surface area contributed by atoms with Crippen LogP contribution in [0.5, 0.6) is 5.75 Å². The number of rotatable bonds is 12. The van der Waals surface area contributed by atoms with Gasteiger partial charge in [0.05, 0.1) is 19.6 Å². The first kappa shape index (κ1) is 29.3. The number of ether oxygens (including phenoxy) is 3. The van der Waals surface area contributed by atoms with Gasteiger partial charge < -0.3 is 19.3 Å². The summed E-state index contributed by atoms with van der Waals surface area (Å²) >= 11 is 0. The van der Waals surface area contributed by atoms with Crippen LogP contribution in [0.4, 0.5) is 4.79 Å². The molecule has 1 aliphatic heterocycles. The molecule has 0 saturated carbocycles. The van der Waals surface area contributed by atoms with Crippen molar-refractivity contribution in [3.05, 3.63) is 102 Å². The second kappa shape index (κ2) is 14.1. The molecule has 3 aromatic carbocycles. The Morgan fingerprint density at radius 3 is 2.10 bits per heavy atom. The number of nitrogens with zero attached hydrogens (tertiary/aromatic N) is 1. The van der Waals surface area contributed by atoms with Crippen molar-refractivity contribution in [1.82, 2.24) is 4.90 Å². The molecular weight excluding hydrogens is 526 g/mol. The largest absolute Gasteiger partial charge is 0.493 e. The number of aliphatic carboxylic acids is 1. The Hall–Kier alpha value is -4.66. The number of ketones is 1. The van der Waals surface area contributed by atoms with Crippen LogP contribution < -0.4 is 4.74 Å². The zero-order chi connectivity index (χ0) is 29.2. The molecule has 0 radical (unpaired) electrons. The number of esters is 1. The van der Waals surface area contributed by atoms with Crippen LogP contribution in [0, 0.1) is 11.8 Å². The lowest BCUT2D eigenvalue weighted by Crippen LogP contribution is -2.45. The summed E-state index contributed by atoms with van der Waals surface area (Å²) in [6.45, 7) is 1.89. The van der Waals surface area contributed by atoms with Crippen LogP contribution in [0.15, 0.2) is 84.9 Å². The minimum atomic E-state index is -1.27. The van der Waals surface area contributed by atoms with Crippen molar-refractivity contribution in [3.8, 4) is 5.75 Å². The van der Waals surface area contributed by atoms with Gasteiger partial charge in [0.15, 0.2) is 5.78 Å². The third kappa shape index (κ3) is 7.72. The highest BCUT2D eigenvalue weighted by molar-refractivity contribution is 6.00. The van der Waals surface area contributed by atoms with Gasteiger partial charge in [-0.15, -0.1) is 0 Å². The smallest absolute Gasteiger partial charge is 0.410 e. The number of carboxylic acids is 1. The number of benzene rings is 3. The molecule has 214 valence electrons. The van der Waals surface area contributed by atoms with Gasteiger partial charge in [0.2, 0.25) is 0 Å². The van der Waals surface area contributed by atoms with Crippen LogP contribution in [-0.4, -0.2) is 59.6 Å². The Labute approximate surface area is 238 Å². The first-order valence-corrected chi connectivity index (χ1v) is 13.5. The molecule has 9 heteroatoms. The van der Waals surface area contributed by atoms with Gasteiger partial charge in [-0.1, -0.05) is 60.7 Å². The Kier molecular flexibility index (Phi) is 10.1. The topological polar surface area (TPSA) is 119 Å². The lowest BCUT2D eigenvalue weighted by Gasteiger charge is -2.25. The fraction of sp³-hybridized carbons (Fsp3) is 0.312. The molecule has 3 aromatic rings. The van der Waals surface area contributed by atoms with Crippen molar-refractivity contribution in [1.29, 1.82) is 0 Å². The van der Waals surface area contributed by atoms with E-state index in [0.29, 0.717) is 17.9 Å². The predicted octanol–water partition coefficient (Wildman–Crippen LogP) is 4.78. The lowest BCUT2D eigenvalue weighted by atomic mass is 9.82. The monoisotopic (exact) mass is 559 g/mol. The standard InChI is InChI=1S/C32H33NO8/c1-2-39-31(37)29-26(19-28(34)35)27(20-33(29)32(38)41-21-23-11-7-4-8-12-23)30(36)24-13-15-25(16-14-24)40-18-17-22-9-5-3-6-10-22/h3-16,26-27,29H,2,17-21H2,1H3,(H,34,35)/t26-,27-,29-/m0/s1. The van der Waals surface area contributed by atoms with Gasteiger partial charge in [-0.05, 0) is 42.3 Å². The predicted molar refractivity (Wildman–Crippen MR) is 149 cm³/mol. The quantitative estimate of drug-likeness (QED) is 0.249. The molecule has 3 atom stereocenters. The van der Waals surface area contributed by atoms with Crippen LogP contribution in [-0.2, 0) is 32.1 Å². The van der Waals surface area contributed by atoms with E-state index >= 15 is 0 Å². The summed E-state index contributed by atoms with van der Waals surface area (Å²) in [4.78, 5) is 52.7. The van der Waals surface area contributed by atoms with Crippen molar-refractivity contribution in [2.45, 2.75) is 32.4 Å². The van der Waals surface area contributed by atoms with E-state index in [1.54, 1.807) is 55.5 Å². The van der Waals surface area contributed by atoms with Gasteiger partial charge in [-0.2, -0.15) is 0 Å². The molecule has 0 spiro atoms. The zero-order valence-corrected chi connectivity index (χ0v) is 22.8. The third-order valence-corrected chi connectivity index (χ3v) is 7.01. The first-order valence-electron chi connectivity index (χ1n) is 13.5. The van der Waals surface area contributed by atoms with Crippen LogP contribution in [0.1, 0.15) is 34.8 Å². The average molecular weight is 560 g/mol. The molecule has 0 aromatic heterocycles. The van der Waals surface area contributed by atoms with Crippen molar-refractivity contribution in [2.75, 3.05) is 19.8 Å².